The molecule has 0 unspecified atom stereocenters. The molecule has 0 saturated heterocycles. The number of halogens is 5. The first-order valence-electron chi connectivity index (χ1n) is 3.39. The molecule has 1 rings (SSSR count). The first-order chi connectivity index (χ1) is 6.34. The third-order valence-corrected chi connectivity index (χ3v) is 1.84. The maximum absolute atomic E-state index is 12.7. The van der Waals surface area contributed by atoms with E-state index in [4.69, 9.17) is 11.6 Å². The van der Waals surface area contributed by atoms with Gasteiger partial charge in [-0.2, -0.15) is 13.2 Å². The lowest BCUT2D eigenvalue weighted by molar-refractivity contribution is -0.0885. The van der Waals surface area contributed by atoms with Crippen LogP contribution in [-0.2, 0) is 0 Å². The molecule has 14 heavy (non-hydrogen) atoms. The molecule has 0 saturated carbocycles. The van der Waals surface area contributed by atoms with Crippen molar-refractivity contribution >= 4 is 17.4 Å². The highest BCUT2D eigenvalue weighted by Crippen LogP contribution is 2.27. The van der Waals surface area contributed by atoms with Crippen LogP contribution in [0.25, 0.3) is 0 Å². The summed E-state index contributed by atoms with van der Waals surface area (Å²) >= 11 is 5.20. The number of carbonyl (C=O) groups excluding carboxylic acids is 1. The number of carbonyl (C=O) groups is 1. The molecule has 0 aliphatic carbocycles. The van der Waals surface area contributed by atoms with Crippen LogP contribution in [0, 0.1) is 5.82 Å². The summed E-state index contributed by atoms with van der Waals surface area (Å²) in [7, 11) is 0. The van der Waals surface area contributed by atoms with Gasteiger partial charge in [0.05, 0.1) is 5.02 Å². The molecule has 0 heterocycles. The number of hydrogen-bond donors (Lipinski definition) is 0. The maximum Gasteiger partial charge on any atom is 0.454 e. The second kappa shape index (κ2) is 3.57. The highest BCUT2D eigenvalue weighted by molar-refractivity contribution is 6.34. The molecule has 0 fully saturated rings. The fourth-order valence-electron chi connectivity index (χ4n) is 0.832. The van der Waals surface area contributed by atoms with Crippen molar-refractivity contribution in [3.8, 4) is 0 Å². The van der Waals surface area contributed by atoms with Crippen LogP contribution in [0.1, 0.15) is 10.4 Å². The van der Waals surface area contributed by atoms with Gasteiger partial charge in [0.25, 0.3) is 5.78 Å². The molecular weight excluding hydrogens is 224 g/mol. The summed E-state index contributed by atoms with van der Waals surface area (Å²) in [5.74, 6) is -3.20. The van der Waals surface area contributed by atoms with Gasteiger partial charge < -0.3 is 0 Å². The van der Waals surface area contributed by atoms with Gasteiger partial charge in [-0.15, -0.1) is 0 Å². The molecule has 1 nitrogen and oxygen atoms in total. The summed E-state index contributed by atoms with van der Waals surface area (Å²) < 4.78 is 48.4. The number of rotatable bonds is 1. The number of hydrogen-bond acceptors (Lipinski definition) is 1. The predicted octanol–water partition coefficient (Wildman–Crippen LogP) is 3.22. The monoisotopic (exact) mass is 226 g/mol. The van der Waals surface area contributed by atoms with E-state index in [0.717, 1.165) is 18.2 Å². The Balaban J connectivity index is 3.21. The van der Waals surface area contributed by atoms with Gasteiger partial charge in [-0.3, -0.25) is 4.79 Å². The van der Waals surface area contributed by atoms with E-state index in [2.05, 4.69) is 0 Å². The van der Waals surface area contributed by atoms with E-state index in [1.165, 1.54) is 0 Å². The maximum atomic E-state index is 12.7. The average Bonchev–Trinajstić information content (AvgIpc) is 2.07. The lowest BCUT2D eigenvalue weighted by atomic mass is 10.1. The second-order valence-corrected chi connectivity index (χ2v) is 2.81. The van der Waals surface area contributed by atoms with Gasteiger partial charge in [0.15, 0.2) is 0 Å². The highest BCUT2D eigenvalue weighted by Gasteiger charge is 2.40. The zero-order valence-electron chi connectivity index (χ0n) is 6.53. The third kappa shape index (κ3) is 2.04. The smallest absolute Gasteiger partial charge is 0.284 e. The van der Waals surface area contributed by atoms with Gasteiger partial charge in [-0.05, 0) is 12.1 Å². The molecule has 1 aromatic rings. The fourth-order valence-corrected chi connectivity index (χ4v) is 1.04. The van der Waals surface area contributed by atoms with Crippen LogP contribution < -0.4 is 0 Å². The topological polar surface area (TPSA) is 17.1 Å². The van der Waals surface area contributed by atoms with Crippen LogP contribution in [0.15, 0.2) is 18.2 Å². The molecule has 76 valence electrons. The second-order valence-electron chi connectivity index (χ2n) is 2.43. The minimum Gasteiger partial charge on any atom is -0.284 e. The molecule has 0 aliphatic heterocycles. The molecule has 1 aromatic carbocycles. The van der Waals surface area contributed by atoms with Crippen molar-refractivity contribution in [3.05, 3.63) is 34.6 Å². The van der Waals surface area contributed by atoms with Crippen molar-refractivity contribution in [3.63, 3.8) is 0 Å². The van der Waals surface area contributed by atoms with Crippen molar-refractivity contribution in [2.45, 2.75) is 6.18 Å². The van der Waals surface area contributed by atoms with E-state index in [9.17, 15) is 22.4 Å². The molecule has 0 bridgehead atoms. The van der Waals surface area contributed by atoms with Gasteiger partial charge in [0, 0.05) is 5.56 Å². The van der Waals surface area contributed by atoms with Crippen molar-refractivity contribution in [1.29, 1.82) is 0 Å². The van der Waals surface area contributed by atoms with Gasteiger partial charge in [-0.1, -0.05) is 17.7 Å². The van der Waals surface area contributed by atoms with Gasteiger partial charge in [0.2, 0.25) is 0 Å². The van der Waals surface area contributed by atoms with Crippen LogP contribution in [0.5, 0.6) is 0 Å². The molecule has 0 aromatic heterocycles. The zero-order chi connectivity index (χ0) is 10.9. The SMILES string of the molecule is O=C(c1cccc(F)c1Cl)C(F)(F)F. The largest absolute Gasteiger partial charge is 0.454 e. The van der Waals surface area contributed by atoms with Crippen LogP contribution in [0.4, 0.5) is 17.6 Å². The summed E-state index contributed by atoms with van der Waals surface area (Å²) in [5.41, 5.74) is -0.876. The summed E-state index contributed by atoms with van der Waals surface area (Å²) in [6.07, 6.45) is -5.04. The van der Waals surface area contributed by atoms with Crippen LogP contribution in [0.2, 0.25) is 5.02 Å². The molecule has 6 heteroatoms. The molecule has 0 N–H and O–H groups in total. The van der Waals surface area contributed by atoms with E-state index in [1.807, 2.05) is 0 Å². The Morgan fingerprint density at radius 1 is 1.29 bits per heavy atom. The zero-order valence-corrected chi connectivity index (χ0v) is 7.29. The van der Waals surface area contributed by atoms with Gasteiger partial charge in [-0.25, -0.2) is 4.39 Å². The summed E-state index contributed by atoms with van der Waals surface area (Å²) in [6.45, 7) is 0. The molecule has 0 spiro atoms. The quantitative estimate of drug-likeness (QED) is 0.531. The molecule has 0 radical (unpaired) electrons. The Hall–Kier alpha value is -1.10. The first-order valence-corrected chi connectivity index (χ1v) is 3.77. The van der Waals surface area contributed by atoms with Gasteiger partial charge >= 0.3 is 6.18 Å². The Bertz CT molecular complexity index is 372. The van der Waals surface area contributed by atoms with Crippen LogP contribution >= 0.6 is 11.6 Å². The van der Waals surface area contributed by atoms with E-state index in [-0.39, 0.29) is 0 Å². The lowest BCUT2D eigenvalue weighted by Crippen LogP contribution is -2.23. The van der Waals surface area contributed by atoms with E-state index >= 15 is 0 Å². The van der Waals surface area contributed by atoms with E-state index in [0.29, 0.717) is 0 Å². The molecular formula is C8H3ClF4O. The average molecular weight is 227 g/mol. The lowest BCUT2D eigenvalue weighted by Gasteiger charge is -2.06. The van der Waals surface area contributed by atoms with Crippen molar-refractivity contribution in [2.75, 3.05) is 0 Å². The number of Topliss-reactive ketones (excluding diaryl/α,β-unsaturated/α-hetero) is 1. The Morgan fingerprint density at radius 2 is 1.86 bits per heavy atom. The molecule has 0 amide bonds. The van der Waals surface area contributed by atoms with Crippen molar-refractivity contribution in [2.24, 2.45) is 0 Å². The molecule has 0 aliphatic rings. The van der Waals surface area contributed by atoms with E-state index < -0.39 is 28.4 Å². The Kier molecular flexibility index (Phi) is 2.80. The van der Waals surface area contributed by atoms with Crippen LogP contribution in [-0.4, -0.2) is 12.0 Å². The van der Waals surface area contributed by atoms with E-state index in [1.54, 1.807) is 0 Å². The Labute approximate surface area is 81.3 Å². The number of ketones is 1. The first kappa shape index (κ1) is 11.0. The summed E-state index contributed by atoms with van der Waals surface area (Å²) in [6, 6.07) is 2.68. The Morgan fingerprint density at radius 3 is 2.36 bits per heavy atom. The normalized spacial score (nSPS) is 11.5. The van der Waals surface area contributed by atoms with Crippen molar-refractivity contribution < 1.29 is 22.4 Å². The summed E-state index contributed by atoms with van der Waals surface area (Å²) in [4.78, 5) is 10.7. The van der Waals surface area contributed by atoms with Crippen LogP contribution in [0.3, 0.4) is 0 Å². The van der Waals surface area contributed by atoms with Crippen molar-refractivity contribution in [1.82, 2.24) is 0 Å². The third-order valence-electron chi connectivity index (χ3n) is 1.45. The fraction of sp³-hybridized carbons (Fsp3) is 0.125. The predicted molar refractivity (Wildman–Crippen MR) is 41.8 cm³/mol. The summed E-state index contributed by atoms with van der Waals surface area (Å²) in [5, 5.41) is -0.810. The highest BCUT2D eigenvalue weighted by atomic mass is 35.5. The number of alkyl halides is 3. The minimum atomic E-state index is -5.04. The number of benzene rings is 1. The molecule has 0 atom stereocenters. The van der Waals surface area contributed by atoms with Gasteiger partial charge in [0.1, 0.15) is 5.82 Å². The minimum absolute atomic E-state index is 0.810. The standard InChI is InChI=1S/C8H3ClF4O/c9-6-4(2-1-3-5(6)10)7(14)8(11,12)13/h1-3H.